The van der Waals surface area contributed by atoms with Crippen LogP contribution in [-0.2, 0) is 4.79 Å². The number of hydrogen-bond acceptors (Lipinski definition) is 3. The molecule has 0 aliphatic rings. The second kappa shape index (κ2) is 4.94. The first kappa shape index (κ1) is 12.4. The van der Waals surface area contributed by atoms with Crippen LogP contribution in [0.25, 0.3) is 0 Å². The number of carboxylic acid groups (broad SMARTS) is 1. The van der Waals surface area contributed by atoms with Crippen molar-refractivity contribution in [2.45, 2.75) is 19.9 Å². The van der Waals surface area contributed by atoms with Crippen molar-refractivity contribution in [3.63, 3.8) is 0 Å². The summed E-state index contributed by atoms with van der Waals surface area (Å²) >= 11 is 5.69. The van der Waals surface area contributed by atoms with E-state index in [0.717, 1.165) is 0 Å². The molecular formula is C10H11ClN2O3. The summed E-state index contributed by atoms with van der Waals surface area (Å²) < 4.78 is 0. The van der Waals surface area contributed by atoms with Gasteiger partial charge in [0.2, 0.25) is 0 Å². The van der Waals surface area contributed by atoms with Crippen LogP contribution >= 0.6 is 11.6 Å². The fourth-order valence-electron chi connectivity index (χ4n) is 1.10. The van der Waals surface area contributed by atoms with Gasteiger partial charge in [-0.1, -0.05) is 11.6 Å². The lowest BCUT2D eigenvalue weighted by molar-refractivity contribution is -0.138. The van der Waals surface area contributed by atoms with Gasteiger partial charge in [-0.2, -0.15) is 0 Å². The molecule has 0 unspecified atom stereocenters. The fourth-order valence-corrected chi connectivity index (χ4v) is 1.35. The maximum absolute atomic E-state index is 11.6. The van der Waals surface area contributed by atoms with E-state index in [1.165, 1.54) is 19.1 Å². The number of pyridine rings is 1. The molecule has 0 aliphatic heterocycles. The number of aryl methyl sites for hydroxylation is 1. The van der Waals surface area contributed by atoms with E-state index in [1.807, 2.05) is 0 Å². The minimum atomic E-state index is -1.09. The summed E-state index contributed by atoms with van der Waals surface area (Å²) in [5.74, 6) is -1.58. The highest BCUT2D eigenvalue weighted by Gasteiger charge is 2.15. The first-order valence-corrected chi connectivity index (χ1v) is 4.96. The molecule has 86 valence electrons. The molecule has 0 fully saturated rings. The van der Waals surface area contributed by atoms with Crippen LogP contribution in [0.15, 0.2) is 12.1 Å². The minimum absolute atomic E-state index is 0.202. The third-order valence-electron chi connectivity index (χ3n) is 1.90. The Bertz CT molecular complexity index is 414. The molecule has 6 heteroatoms. The number of carbonyl (C=O) groups is 2. The maximum atomic E-state index is 11.6. The zero-order valence-corrected chi connectivity index (χ0v) is 9.58. The molecule has 1 rings (SSSR count). The van der Waals surface area contributed by atoms with E-state index in [4.69, 9.17) is 16.7 Å². The Balaban J connectivity index is 2.84. The number of halogens is 1. The number of aromatic nitrogens is 1. The van der Waals surface area contributed by atoms with Crippen LogP contribution in [0, 0.1) is 6.92 Å². The van der Waals surface area contributed by atoms with Gasteiger partial charge in [-0.3, -0.25) is 9.59 Å². The zero-order chi connectivity index (χ0) is 12.3. The first-order chi connectivity index (χ1) is 7.40. The molecule has 0 saturated heterocycles. The van der Waals surface area contributed by atoms with Gasteiger partial charge in [0, 0.05) is 11.3 Å². The molecular weight excluding hydrogens is 232 g/mol. The average molecular weight is 243 g/mol. The molecule has 2 N–H and O–H groups in total. The number of aliphatic carboxylic acids is 1. The Kier molecular flexibility index (Phi) is 3.84. The topological polar surface area (TPSA) is 79.3 Å². The number of carbonyl (C=O) groups excluding carboxylic acids is 1. The molecule has 0 aromatic carbocycles. The Morgan fingerprint density at radius 2 is 2.12 bits per heavy atom. The van der Waals surface area contributed by atoms with E-state index in [9.17, 15) is 9.59 Å². The first-order valence-electron chi connectivity index (χ1n) is 4.58. The Labute approximate surface area is 97.4 Å². The summed E-state index contributed by atoms with van der Waals surface area (Å²) in [5, 5.41) is 11.2. The zero-order valence-electron chi connectivity index (χ0n) is 8.82. The fraction of sp³-hybridized carbons (Fsp3) is 0.300. The van der Waals surface area contributed by atoms with Gasteiger partial charge in [0.15, 0.2) is 0 Å². The largest absolute Gasteiger partial charge is 0.480 e. The predicted octanol–water partition coefficient (Wildman–Crippen LogP) is 1.25. The summed E-state index contributed by atoms with van der Waals surface area (Å²) in [7, 11) is 0. The predicted molar refractivity (Wildman–Crippen MR) is 58.5 cm³/mol. The van der Waals surface area contributed by atoms with Crippen molar-refractivity contribution >= 4 is 23.5 Å². The number of amides is 1. The third kappa shape index (κ3) is 3.20. The number of hydrogen-bond donors (Lipinski definition) is 2. The standard InChI is InChI=1S/C10H11ClN2O3/c1-5-3-7(4-8(11)12-5)9(14)13-6(2)10(15)16/h3-4,6H,1-2H3,(H,13,14)(H,15,16)/t6-/m0/s1. The van der Waals surface area contributed by atoms with Gasteiger partial charge < -0.3 is 10.4 Å². The summed E-state index contributed by atoms with van der Waals surface area (Å²) in [6.45, 7) is 3.08. The van der Waals surface area contributed by atoms with Crippen LogP contribution in [0.2, 0.25) is 5.15 Å². The van der Waals surface area contributed by atoms with Crippen molar-refractivity contribution in [1.29, 1.82) is 0 Å². The third-order valence-corrected chi connectivity index (χ3v) is 2.10. The average Bonchev–Trinajstić information content (AvgIpc) is 2.15. The van der Waals surface area contributed by atoms with Crippen molar-refractivity contribution in [2.24, 2.45) is 0 Å². The molecule has 1 heterocycles. The summed E-state index contributed by atoms with van der Waals surface area (Å²) in [6, 6.07) is 1.98. The van der Waals surface area contributed by atoms with Gasteiger partial charge in [-0.15, -0.1) is 0 Å². The van der Waals surface area contributed by atoms with Gasteiger partial charge in [0.05, 0.1) is 0 Å². The SMILES string of the molecule is Cc1cc(C(=O)N[C@@H](C)C(=O)O)cc(Cl)n1. The van der Waals surface area contributed by atoms with E-state index in [-0.39, 0.29) is 5.15 Å². The lowest BCUT2D eigenvalue weighted by Crippen LogP contribution is -2.38. The van der Waals surface area contributed by atoms with Crippen LogP contribution in [0.4, 0.5) is 0 Å². The normalized spacial score (nSPS) is 11.9. The van der Waals surface area contributed by atoms with Crippen molar-refractivity contribution in [3.05, 3.63) is 28.5 Å². The van der Waals surface area contributed by atoms with Crippen LogP contribution in [-0.4, -0.2) is 28.0 Å². The molecule has 1 aromatic heterocycles. The monoisotopic (exact) mass is 242 g/mol. The number of nitrogens with one attached hydrogen (secondary N) is 1. The second-order valence-corrected chi connectivity index (χ2v) is 3.74. The molecule has 0 radical (unpaired) electrons. The Hall–Kier alpha value is -1.62. The maximum Gasteiger partial charge on any atom is 0.325 e. The lowest BCUT2D eigenvalue weighted by atomic mass is 10.2. The molecule has 1 aromatic rings. The number of carboxylic acids is 1. The molecule has 0 bridgehead atoms. The van der Waals surface area contributed by atoms with Crippen molar-refractivity contribution < 1.29 is 14.7 Å². The second-order valence-electron chi connectivity index (χ2n) is 3.35. The van der Waals surface area contributed by atoms with Crippen LogP contribution in [0.5, 0.6) is 0 Å². The highest BCUT2D eigenvalue weighted by molar-refractivity contribution is 6.29. The van der Waals surface area contributed by atoms with E-state index in [1.54, 1.807) is 6.92 Å². The molecule has 1 amide bonds. The smallest absolute Gasteiger partial charge is 0.325 e. The number of rotatable bonds is 3. The Morgan fingerprint density at radius 1 is 1.50 bits per heavy atom. The quantitative estimate of drug-likeness (QED) is 0.782. The van der Waals surface area contributed by atoms with Crippen molar-refractivity contribution in [3.8, 4) is 0 Å². The van der Waals surface area contributed by atoms with Crippen molar-refractivity contribution in [1.82, 2.24) is 10.3 Å². The highest BCUT2D eigenvalue weighted by atomic mass is 35.5. The summed E-state index contributed by atoms with van der Waals surface area (Å²) in [5.41, 5.74) is 0.895. The highest BCUT2D eigenvalue weighted by Crippen LogP contribution is 2.10. The van der Waals surface area contributed by atoms with Gasteiger partial charge >= 0.3 is 5.97 Å². The van der Waals surface area contributed by atoms with Crippen molar-refractivity contribution in [2.75, 3.05) is 0 Å². The van der Waals surface area contributed by atoms with Gasteiger partial charge in [-0.25, -0.2) is 4.98 Å². The van der Waals surface area contributed by atoms with E-state index in [2.05, 4.69) is 10.3 Å². The van der Waals surface area contributed by atoms with Gasteiger partial charge in [-0.05, 0) is 26.0 Å². The molecule has 1 atom stereocenters. The lowest BCUT2D eigenvalue weighted by Gasteiger charge is -2.09. The molecule has 0 saturated carbocycles. The minimum Gasteiger partial charge on any atom is -0.480 e. The van der Waals surface area contributed by atoms with E-state index < -0.39 is 17.9 Å². The van der Waals surface area contributed by atoms with Gasteiger partial charge in [0.1, 0.15) is 11.2 Å². The molecule has 5 nitrogen and oxygen atoms in total. The molecule has 0 spiro atoms. The van der Waals surface area contributed by atoms with E-state index in [0.29, 0.717) is 11.3 Å². The van der Waals surface area contributed by atoms with Crippen LogP contribution < -0.4 is 5.32 Å². The Morgan fingerprint density at radius 3 is 2.62 bits per heavy atom. The molecule has 0 aliphatic carbocycles. The molecule has 16 heavy (non-hydrogen) atoms. The van der Waals surface area contributed by atoms with Gasteiger partial charge in [0.25, 0.3) is 5.91 Å². The summed E-state index contributed by atoms with van der Waals surface area (Å²) in [6.07, 6.45) is 0. The van der Waals surface area contributed by atoms with Crippen LogP contribution in [0.1, 0.15) is 23.0 Å². The number of nitrogens with zero attached hydrogens (tertiary/aromatic N) is 1. The van der Waals surface area contributed by atoms with E-state index >= 15 is 0 Å². The summed E-state index contributed by atoms with van der Waals surface area (Å²) in [4.78, 5) is 26.0. The van der Waals surface area contributed by atoms with Crippen LogP contribution in [0.3, 0.4) is 0 Å².